The summed E-state index contributed by atoms with van der Waals surface area (Å²) in [6.45, 7) is 4.84. The van der Waals surface area contributed by atoms with Gasteiger partial charge in [-0.1, -0.05) is 6.07 Å². The minimum atomic E-state index is -2.20. The van der Waals surface area contributed by atoms with Gasteiger partial charge in [-0.15, -0.1) is 0 Å². The first-order chi connectivity index (χ1) is 12.4. The van der Waals surface area contributed by atoms with Crippen molar-refractivity contribution in [3.8, 4) is 0 Å². The fraction of sp³-hybridized carbons (Fsp3) is 0.500. The van der Waals surface area contributed by atoms with Crippen LogP contribution in [0.1, 0.15) is 31.9 Å². The number of hydroxylamine groups is 2. The minimum Gasteiger partial charge on any atom is -0.479 e. The summed E-state index contributed by atoms with van der Waals surface area (Å²) in [5.41, 5.74) is 4.50. The Morgan fingerprint density at radius 1 is 1.26 bits per heavy atom. The SMILES string of the molecule is CON(C)C(=O)C1(C(=O)O)Cc2ccc(N)cc2CN1C(=O)OC(C)(C)C. The van der Waals surface area contributed by atoms with Crippen LogP contribution in [0.15, 0.2) is 18.2 Å². The molecule has 1 aliphatic heterocycles. The summed E-state index contributed by atoms with van der Waals surface area (Å²) in [6, 6.07) is 4.94. The Bertz CT molecular complexity index is 773. The number of carbonyl (C=O) groups is 3. The average molecular weight is 379 g/mol. The van der Waals surface area contributed by atoms with Crippen LogP contribution in [0.5, 0.6) is 0 Å². The molecule has 1 aliphatic rings. The number of carboxylic acid groups (broad SMARTS) is 1. The number of anilines is 1. The van der Waals surface area contributed by atoms with E-state index in [2.05, 4.69) is 0 Å². The molecule has 1 aromatic carbocycles. The molecule has 9 nitrogen and oxygen atoms in total. The summed E-state index contributed by atoms with van der Waals surface area (Å²) >= 11 is 0. The van der Waals surface area contributed by atoms with Crippen molar-refractivity contribution in [2.75, 3.05) is 19.9 Å². The molecule has 1 heterocycles. The van der Waals surface area contributed by atoms with Crippen molar-refractivity contribution in [3.63, 3.8) is 0 Å². The van der Waals surface area contributed by atoms with Crippen molar-refractivity contribution >= 4 is 23.7 Å². The van der Waals surface area contributed by atoms with Gasteiger partial charge in [-0.05, 0) is 44.0 Å². The Morgan fingerprint density at radius 3 is 2.41 bits per heavy atom. The zero-order chi connectivity index (χ0) is 20.6. The third-order valence-corrected chi connectivity index (χ3v) is 4.35. The maximum Gasteiger partial charge on any atom is 0.411 e. The molecule has 0 bridgehead atoms. The molecule has 1 aromatic rings. The summed E-state index contributed by atoms with van der Waals surface area (Å²) in [6.07, 6.45) is -1.14. The standard InChI is InChI=1S/C18H25N3O6/c1-17(2,3)27-16(25)21-10-12-8-13(19)7-6-11(12)9-18(21,15(23)24)14(22)20(4)26-5/h6-8H,9-10,19H2,1-5H3,(H,23,24). The number of hydrogen-bond donors (Lipinski definition) is 2. The monoisotopic (exact) mass is 379 g/mol. The fourth-order valence-corrected chi connectivity index (χ4v) is 3.00. The Balaban J connectivity index is 2.63. The maximum absolute atomic E-state index is 13.0. The van der Waals surface area contributed by atoms with Gasteiger partial charge in [-0.2, -0.15) is 0 Å². The van der Waals surface area contributed by atoms with Gasteiger partial charge in [-0.3, -0.25) is 14.5 Å². The number of likely N-dealkylation sites (N-methyl/N-ethyl adjacent to an activating group) is 1. The third kappa shape index (κ3) is 3.82. The molecule has 0 saturated heterocycles. The van der Waals surface area contributed by atoms with E-state index in [1.165, 1.54) is 14.2 Å². The molecule has 0 spiro atoms. The molecule has 0 radical (unpaired) electrons. The number of nitrogens with two attached hydrogens (primary N) is 1. The smallest absolute Gasteiger partial charge is 0.411 e. The van der Waals surface area contributed by atoms with Gasteiger partial charge in [0.1, 0.15) is 5.60 Å². The van der Waals surface area contributed by atoms with Crippen LogP contribution in [-0.4, -0.2) is 58.3 Å². The van der Waals surface area contributed by atoms with Gasteiger partial charge in [-0.25, -0.2) is 14.7 Å². The van der Waals surface area contributed by atoms with Crippen molar-refractivity contribution in [3.05, 3.63) is 29.3 Å². The van der Waals surface area contributed by atoms with E-state index in [9.17, 15) is 19.5 Å². The van der Waals surface area contributed by atoms with Crippen LogP contribution in [0.2, 0.25) is 0 Å². The predicted octanol–water partition coefficient (Wildman–Crippen LogP) is 1.41. The van der Waals surface area contributed by atoms with E-state index in [-0.39, 0.29) is 13.0 Å². The zero-order valence-electron chi connectivity index (χ0n) is 16.1. The van der Waals surface area contributed by atoms with E-state index >= 15 is 0 Å². The molecule has 2 amide bonds. The molecule has 2 rings (SSSR count). The van der Waals surface area contributed by atoms with Crippen LogP contribution in [0.3, 0.4) is 0 Å². The van der Waals surface area contributed by atoms with Crippen molar-refractivity contribution in [1.82, 2.24) is 9.96 Å². The molecule has 0 fully saturated rings. The molecule has 148 valence electrons. The van der Waals surface area contributed by atoms with Crippen molar-refractivity contribution in [2.45, 2.75) is 44.9 Å². The largest absolute Gasteiger partial charge is 0.479 e. The van der Waals surface area contributed by atoms with Gasteiger partial charge >= 0.3 is 12.1 Å². The highest BCUT2D eigenvalue weighted by Crippen LogP contribution is 2.35. The Morgan fingerprint density at radius 2 is 1.89 bits per heavy atom. The molecule has 9 heteroatoms. The van der Waals surface area contributed by atoms with Gasteiger partial charge in [0.15, 0.2) is 0 Å². The highest BCUT2D eigenvalue weighted by atomic mass is 16.7. The van der Waals surface area contributed by atoms with E-state index in [4.69, 9.17) is 15.3 Å². The van der Waals surface area contributed by atoms with Crippen LogP contribution in [0.25, 0.3) is 0 Å². The van der Waals surface area contributed by atoms with Gasteiger partial charge in [0.25, 0.3) is 5.91 Å². The number of amides is 2. The van der Waals surface area contributed by atoms with E-state index in [1.54, 1.807) is 39.0 Å². The Hall–Kier alpha value is -2.81. The number of ether oxygens (including phenoxy) is 1. The molecule has 0 saturated carbocycles. The molecule has 1 atom stereocenters. The molecular weight excluding hydrogens is 354 g/mol. The first kappa shape index (κ1) is 20.5. The first-order valence-electron chi connectivity index (χ1n) is 8.36. The molecule has 3 N–H and O–H groups in total. The molecule has 27 heavy (non-hydrogen) atoms. The number of carboxylic acids is 1. The van der Waals surface area contributed by atoms with E-state index in [0.29, 0.717) is 16.8 Å². The summed E-state index contributed by atoms with van der Waals surface area (Å²) in [5.74, 6) is -2.35. The number of nitrogen functional groups attached to an aromatic ring is 1. The highest BCUT2D eigenvalue weighted by molar-refractivity contribution is 6.09. The van der Waals surface area contributed by atoms with Crippen molar-refractivity contribution in [2.24, 2.45) is 0 Å². The second-order valence-corrected chi connectivity index (χ2v) is 7.42. The summed E-state index contributed by atoms with van der Waals surface area (Å²) in [7, 11) is 2.53. The zero-order valence-corrected chi connectivity index (χ0v) is 16.1. The van der Waals surface area contributed by atoms with Crippen LogP contribution in [-0.2, 0) is 32.1 Å². The number of carbonyl (C=O) groups excluding carboxylic acids is 2. The highest BCUT2D eigenvalue weighted by Gasteiger charge is 2.58. The number of nitrogens with zero attached hydrogens (tertiary/aromatic N) is 2. The lowest BCUT2D eigenvalue weighted by molar-refractivity contribution is -0.189. The van der Waals surface area contributed by atoms with Crippen LogP contribution < -0.4 is 5.73 Å². The van der Waals surface area contributed by atoms with Crippen LogP contribution in [0, 0.1) is 0 Å². The van der Waals surface area contributed by atoms with Gasteiger partial charge < -0.3 is 15.6 Å². The molecular formula is C18H25N3O6. The minimum absolute atomic E-state index is 0.134. The van der Waals surface area contributed by atoms with Crippen LogP contribution >= 0.6 is 0 Å². The first-order valence-corrected chi connectivity index (χ1v) is 8.36. The lowest BCUT2D eigenvalue weighted by Gasteiger charge is -2.44. The number of aliphatic carboxylic acids is 1. The lowest BCUT2D eigenvalue weighted by Crippen LogP contribution is -2.68. The lowest BCUT2D eigenvalue weighted by atomic mass is 9.81. The normalized spacial score (nSPS) is 19.2. The summed E-state index contributed by atoms with van der Waals surface area (Å²) in [4.78, 5) is 44.0. The van der Waals surface area contributed by atoms with Gasteiger partial charge in [0, 0.05) is 19.2 Å². The third-order valence-electron chi connectivity index (χ3n) is 4.35. The summed E-state index contributed by atoms with van der Waals surface area (Å²) < 4.78 is 5.37. The molecule has 0 aromatic heterocycles. The van der Waals surface area contributed by atoms with Crippen molar-refractivity contribution < 1.29 is 29.1 Å². The second-order valence-electron chi connectivity index (χ2n) is 7.42. The fourth-order valence-electron chi connectivity index (χ4n) is 3.00. The van der Waals surface area contributed by atoms with Gasteiger partial charge in [0.2, 0.25) is 5.54 Å². The van der Waals surface area contributed by atoms with Gasteiger partial charge in [0.05, 0.1) is 13.7 Å². The Labute approximate surface area is 157 Å². The second kappa shape index (κ2) is 7.07. The predicted molar refractivity (Wildman–Crippen MR) is 96.5 cm³/mol. The van der Waals surface area contributed by atoms with E-state index in [1.807, 2.05) is 0 Å². The molecule has 0 aliphatic carbocycles. The number of rotatable bonds is 3. The quantitative estimate of drug-likeness (QED) is 0.462. The molecule has 1 unspecified atom stereocenters. The number of hydrogen-bond acceptors (Lipinski definition) is 6. The van der Waals surface area contributed by atoms with E-state index < -0.39 is 29.1 Å². The topological polar surface area (TPSA) is 122 Å². The average Bonchev–Trinajstić information content (AvgIpc) is 2.57. The maximum atomic E-state index is 13.0. The van der Waals surface area contributed by atoms with Crippen molar-refractivity contribution in [1.29, 1.82) is 0 Å². The van der Waals surface area contributed by atoms with Crippen LogP contribution in [0.4, 0.5) is 10.5 Å². The summed E-state index contributed by atoms with van der Waals surface area (Å²) in [5, 5.41) is 10.8. The number of benzene rings is 1. The number of fused-ring (bicyclic) bond motifs is 1. The van der Waals surface area contributed by atoms with E-state index in [0.717, 1.165) is 9.96 Å². The Kier molecular flexibility index (Phi) is 5.37.